The number of nitrogens with zero attached hydrogens (tertiary/aromatic N) is 1. The van der Waals surface area contributed by atoms with Gasteiger partial charge in [-0.2, -0.15) is 26.3 Å². The van der Waals surface area contributed by atoms with E-state index < -0.39 is 23.5 Å². The molecule has 1 aromatic heterocycles. The third-order valence-corrected chi connectivity index (χ3v) is 4.21. The third-order valence-electron chi connectivity index (χ3n) is 4.21. The molecule has 1 heterocycles. The average Bonchev–Trinajstić information content (AvgIpc) is 2.53. The molecule has 0 unspecified atom stereocenters. The maximum absolute atomic E-state index is 13.1. The topological polar surface area (TPSA) is 12.9 Å². The van der Waals surface area contributed by atoms with Gasteiger partial charge in [-0.05, 0) is 49.2 Å². The van der Waals surface area contributed by atoms with Crippen LogP contribution in [0.5, 0.6) is 0 Å². The molecule has 1 nitrogen and oxygen atoms in total. The predicted molar refractivity (Wildman–Crippen MR) is 86.7 cm³/mol. The number of aromatic nitrogens is 1. The zero-order valence-electron chi connectivity index (χ0n) is 13.8. The van der Waals surface area contributed by atoms with Crippen molar-refractivity contribution < 1.29 is 26.3 Å². The van der Waals surface area contributed by atoms with Gasteiger partial charge in [0.25, 0.3) is 0 Å². The number of pyridine rings is 1. The van der Waals surface area contributed by atoms with Crippen LogP contribution in [0.3, 0.4) is 0 Å². The lowest BCUT2D eigenvalue weighted by atomic mass is 9.93. The third kappa shape index (κ3) is 3.25. The van der Waals surface area contributed by atoms with Crippen LogP contribution in [0.25, 0.3) is 22.0 Å². The Morgan fingerprint density at radius 2 is 1.31 bits per heavy atom. The molecule has 0 saturated heterocycles. The fourth-order valence-electron chi connectivity index (χ4n) is 3.06. The summed E-state index contributed by atoms with van der Waals surface area (Å²) in [6, 6.07) is 8.58. The van der Waals surface area contributed by atoms with Crippen molar-refractivity contribution in [2.24, 2.45) is 0 Å². The number of benzene rings is 2. The highest BCUT2D eigenvalue weighted by Crippen LogP contribution is 2.40. The molecule has 0 aliphatic carbocycles. The number of rotatable bonds is 1. The maximum Gasteiger partial charge on any atom is 0.416 e. The molecule has 0 aliphatic rings. The molecule has 0 spiro atoms. The van der Waals surface area contributed by atoms with Crippen molar-refractivity contribution in [1.82, 2.24) is 4.98 Å². The van der Waals surface area contributed by atoms with E-state index in [1.54, 1.807) is 38.1 Å². The van der Waals surface area contributed by atoms with E-state index in [1.165, 1.54) is 0 Å². The molecule has 2 aromatic carbocycles. The van der Waals surface area contributed by atoms with Crippen LogP contribution in [0, 0.1) is 13.8 Å². The molecule has 0 fully saturated rings. The number of halogens is 6. The Labute approximate surface area is 145 Å². The van der Waals surface area contributed by atoms with Crippen molar-refractivity contribution in [3.8, 4) is 11.1 Å². The molecule has 26 heavy (non-hydrogen) atoms. The smallest absolute Gasteiger partial charge is 0.252 e. The Balaban J connectivity index is 2.35. The minimum Gasteiger partial charge on any atom is -0.252 e. The number of aryl methyl sites for hydroxylation is 2. The summed E-state index contributed by atoms with van der Waals surface area (Å²) in [5, 5.41) is 0.680. The van der Waals surface area contributed by atoms with Crippen LogP contribution in [0.2, 0.25) is 0 Å². The molecular weight excluding hydrogens is 356 g/mol. The monoisotopic (exact) mass is 369 g/mol. The highest BCUT2D eigenvalue weighted by molar-refractivity contribution is 5.89. The van der Waals surface area contributed by atoms with Crippen molar-refractivity contribution in [1.29, 1.82) is 0 Å². The SMILES string of the molecule is Cc1nc2ccccc2c(C)c1-c1cc(C(F)(F)F)cc(C(F)(F)F)c1. The predicted octanol–water partition coefficient (Wildman–Crippen LogP) is 6.56. The summed E-state index contributed by atoms with van der Waals surface area (Å²) in [5.74, 6) is 0. The van der Waals surface area contributed by atoms with Gasteiger partial charge in [0.05, 0.1) is 16.6 Å². The van der Waals surface area contributed by atoms with Gasteiger partial charge in [-0.15, -0.1) is 0 Å². The zero-order chi connectivity index (χ0) is 19.3. The van der Waals surface area contributed by atoms with Crippen LogP contribution < -0.4 is 0 Å². The largest absolute Gasteiger partial charge is 0.416 e. The molecule has 0 atom stereocenters. The number of hydrogen-bond acceptors (Lipinski definition) is 1. The second kappa shape index (κ2) is 6.00. The number of para-hydroxylation sites is 1. The Kier molecular flexibility index (Phi) is 4.21. The summed E-state index contributed by atoms with van der Waals surface area (Å²) in [6.45, 7) is 3.24. The molecule has 0 amide bonds. The van der Waals surface area contributed by atoms with Gasteiger partial charge in [0, 0.05) is 16.6 Å². The Hall–Kier alpha value is -2.57. The van der Waals surface area contributed by atoms with E-state index in [0.29, 0.717) is 22.2 Å². The van der Waals surface area contributed by atoms with Crippen LogP contribution in [-0.4, -0.2) is 4.98 Å². The highest BCUT2D eigenvalue weighted by atomic mass is 19.4. The van der Waals surface area contributed by atoms with Crippen molar-refractivity contribution >= 4 is 10.9 Å². The first kappa shape index (κ1) is 18.2. The lowest BCUT2D eigenvalue weighted by Gasteiger charge is -2.17. The van der Waals surface area contributed by atoms with E-state index in [9.17, 15) is 26.3 Å². The number of hydrogen-bond donors (Lipinski definition) is 0. The first-order chi connectivity index (χ1) is 12.0. The molecule has 136 valence electrons. The Morgan fingerprint density at radius 3 is 1.85 bits per heavy atom. The fraction of sp³-hybridized carbons (Fsp3) is 0.211. The Morgan fingerprint density at radius 1 is 0.769 bits per heavy atom. The molecule has 7 heteroatoms. The minimum atomic E-state index is -4.89. The normalized spacial score (nSPS) is 12.6. The van der Waals surface area contributed by atoms with Crippen LogP contribution >= 0.6 is 0 Å². The van der Waals surface area contributed by atoms with E-state index in [4.69, 9.17) is 0 Å². The molecule has 0 bridgehead atoms. The molecule has 0 radical (unpaired) electrons. The summed E-state index contributed by atoms with van der Waals surface area (Å²) in [5.41, 5.74) is -0.965. The van der Waals surface area contributed by atoms with Crippen LogP contribution in [-0.2, 0) is 12.4 Å². The lowest BCUT2D eigenvalue weighted by Crippen LogP contribution is -2.11. The van der Waals surface area contributed by atoms with Crippen LogP contribution in [0.4, 0.5) is 26.3 Å². The molecular formula is C19H13F6N. The van der Waals surface area contributed by atoms with Crippen LogP contribution in [0.1, 0.15) is 22.4 Å². The molecule has 0 aliphatic heterocycles. The number of alkyl halides is 6. The van der Waals surface area contributed by atoms with E-state index in [2.05, 4.69) is 4.98 Å². The van der Waals surface area contributed by atoms with Gasteiger partial charge in [-0.3, -0.25) is 4.98 Å². The maximum atomic E-state index is 13.1. The fourth-order valence-corrected chi connectivity index (χ4v) is 3.06. The van der Waals surface area contributed by atoms with Gasteiger partial charge < -0.3 is 0 Å². The van der Waals surface area contributed by atoms with Crippen molar-refractivity contribution in [2.75, 3.05) is 0 Å². The van der Waals surface area contributed by atoms with Gasteiger partial charge in [-0.25, -0.2) is 0 Å². The molecule has 0 saturated carbocycles. The second-order valence-corrected chi connectivity index (χ2v) is 6.01. The van der Waals surface area contributed by atoms with Crippen molar-refractivity contribution in [2.45, 2.75) is 26.2 Å². The summed E-state index contributed by atoms with van der Waals surface area (Å²) in [4.78, 5) is 4.33. The molecule has 3 rings (SSSR count). The van der Waals surface area contributed by atoms with Gasteiger partial charge in [-0.1, -0.05) is 18.2 Å². The lowest BCUT2D eigenvalue weighted by molar-refractivity contribution is -0.143. The van der Waals surface area contributed by atoms with Crippen molar-refractivity contribution in [3.05, 3.63) is 64.8 Å². The molecule has 3 aromatic rings. The van der Waals surface area contributed by atoms with E-state index in [-0.39, 0.29) is 17.2 Å². The quantitative estimate of drug-likeness (QED) is 0.443. The van der Waals surface area contributed by atoms with E-state index in [0.717, 1.165) is 12.1 Å². The summed E-state index contributed by atoms with van der Waals surface area (Å²) >= 11 is 0. The standard InChI is InChI=1S/C19H13F6N/c1-10-15-5-3-4-6-16(15)26-11(2)17(10)12-7-13(18(20,21)22)9-14(8-12)19(23,24)25/h3-9H,1-2H3. The minimum absolute atomic E-state index is 0.128. The van der Waals surface area contributed by atoms with Gasteiger partial charge in [0.1, 0.15) is 0 Å². The van der Waals surface area contributed by atoms with Crippen molar-refractivity contribution in [3.63, 3.8) is 0 Å². The van der Waals surface area contributed by atoms with Gasteiger partial charge >= 0.3 is 12.4 Å². The Bertz CT molecular complexity index is 953. The molecule has 0 N–H and O–H groups in total. The first-order valence-electron chi connectivity index (χ1n) is 7.64. The summed E-state index contributed by atoms with van der Waals surface area (Å²) in [6.07, 6.45) is -9.77. The number of fused-ring (bicyclic) bond motifs is 1. The highest BCUT2D eigenvalue weighted by Gasteiger charge is 2.37. The van der Waals surface area contributed by atoms with Gasteiger partial charge in [0.2, 0.25) is 0 Å². The average molecular weight is 369 g/mol. The summed E-state index contributed by atoms with van der Waals surface area (Å²) in [7, 11) is 0. The zero-order valence-corrected chi connectivity index (χ0v) is 13.8. The van der Waals surface area contributed by atoms with Crippen LogP contribution in [0.15, 0.2) is 42.5 Å². The van der Waals surface area contributed by atoms with Gasteiger partial charge in [0.15, 0.2) is 0 Å². The first-order valence-corrected chi connectivity index (χ1v) is 7.64. The summed E-state index contributed by atoms with van der Waals surface area (Å²) < 4.78 is 78.7. The van der Waals surface area contributed by atoms with E-state index in [1.807, 2.05) is 0 Å². The second-order valence-electron chi connectivity index (χ2n) is 6.01. The van der Waals surface area contributed by atoms with E-state index >= 15 is 0 Å².